The molecule has 0 saturated carbocycles. The Kier molecular flexibility index (Phi) is 6.54. The number of nitrogens with one attached hydrogen (secondary N) is 1. The summed E-state index contributed by atoms with van der Waals surface area (Å²) in [7, 11) is 3.26. The molecule has 0 aliphatic heterocycles. The first-order valence-electron chi connectivity index (χ1n) is 6.69. The van der Waals surface area contributed by atoms with Crippen molar-refractivity contribution < 1.29 is 19.1 Å². The van der Waals surface area contributed by atoms with Crippen LogP contribution in [-0.4, -0.2) is 49.5 Å². The standard InChI is InChI=1S/C14H24N2O4/c1-10(17)7-8-16(3)14(18)15-12(9-19-4)13-6-5-11(2)20-13/h5-6,10,12,17H,7-9H2,1-4H3,(H,15,18). The molecule has 1 aromatic heterocycles. The Labute approximate surface area is 119 Å². The van der Waals surface area contributed by atoms with Gasteiger partial charge in [0.1, 0.15) is 17.6 Å². The van der Waals surface area contributed by atoms with Gasteiger partial charge in [0.15, 0.2) is 0 Å². The summed E-state index contributed by atoms with van der Waals surface area (Å²) in [4.78, 5) is 13.6. The van der Waals surface area contributed by atoms with Gasteiger partial charge in [-0.2, -0.15) is 0 Å². The van der Waals surface area contributed by atoms with Crippen molar-refractivity contribution in [1.82, 2.24) is 10.2 Å². The Balaban J connectivity index is 2.59. The number of hydrogen-bond donors (Lipinski definition) is 2. The number of urea groups is 1. The fraction of sp³-hybridized carbons (Fsp3) is 0.643. The van der Waals surface area contributed by atoms with E-state index in [2.05, 4.69) is 5.32 Å². The highest BCUT2D eigenvalue weighted by Gasteiger charge is 2.20. The maximum atomic E-state index is 12.1. The molecule has 0 fully saturated rings. The lowest BCUT2D eigenvalue weighted by atomic mass is 10.2. The van der Waals surface area contributed by atoms with E-state index in [1.807, 2.05) is 19.1 Å². The number of aliphatic hydroxyl groups excluding tert-OH is 1. The normalized spacial score (nSPS) is 13.8. The Bertz CT molecular complexity index is 417. The molecule has 1 aromatic rings. The minimum absolute atomic E-state index is 0.221. The second kappa shape index (κ2) is 7.91. The summed E-state index contributed by atoms with van der Waals surface area (Å²) in [6.45, 7) is 4.37. The molecule has 1 rings (SSSR count). The van der Waals surface area contributed by atoms with Crippen LogP contribution in [0.2, 0.25) is 0 Å². The van der Waals surface area contributed by atoms with Gasteiger partial charge in [-0.1, -0.05) is 0 Å². The van der Waals surface area contributed by atoms with Gasteiger partial charge >= 0.3 is 6.03 Å². The lowest BCUT2D eigenvalue weighted by Gasteiger charge is -2.22. The zero-order valence-corrected chi connectivity index (χ0v) is 12.5. The monoisotopic (exact) mass is 284 g/mol. The van der Waals surface area contributed by atoms with Crippen molar-refractivity contribution in [3.8, 4) is 0 Å². The summed E-state index contributed by atoms with van der Waals surface area (Å²) in [5.74, 6) is 1.46. The molecule has 0 aliphatic carbocycles. The van der Waals surface area contributed by atoms with Gasteiger partial charge in [-0.3, -0.25) is 0 Å². The molecule has 0 spiro atoms. The van der Waals surface area contributed by atoms with Crippen LogP contribution in [0.25, 0.3) is 0 Å². The van der Waals surface area contributed by atoms with Crippen LogP contribution in [0.4, 0.5) is 4.79 Å². The van der Waals surface area contributed by atoms with Crippen molar-refractivity contribution in [3.63, 3.8) is 0 Å². The Morgan fingerprint density at radius 1 is 1.55 bits per heavy atom. The van der Waals surface area contributed by atoms with Crippen LogP contribution in [-0.2, 0) is 4.74 Å². The van der Waals surface area contributed by atoms with E-state index in [1.165, 1.54) is 4.90 Å². The van der Waals surface area contributed by atoms with Gasteiger partial charge in [0.05, 0.1) is 12.7 Å². The highest BCUT2D eigenvalue weighted by atomic mass is 16.5. The molecule has 0 aromatic carbocycles. The molecule has 0 bridgehead atoms. The number of aryl methyl sites for hydroxylation is 1. The number of aliphatic hydroxyl groups is 1. The molecular weight excluding hydrogens is 260 g/mol. The zero-order chi connectivity index (χ0) is 15.1. The van der Waals surface area contributed by atoms with Gasteiger partial charge in [-0.05, 0) is 32.4 Å². The van der Waals surface area contributed by atoms with E-state index in [0.29, 0.717) is 25.3 Å². The Morgan fingerprint density at radius 2 is 2.25 bits per heavy atom. The maximum Gasteiger partial charge on any atom is 0.317 e. The lowest BCUT2D eigenvalue weighted by molar-refractivity contribution is 0.143. The van der Waals surface area contributed by atoms with Gasteiger partial charge < -0.3 is 24.5 Å². The predicted octanol–water partition coefficient (Wildman–Crippen LogP) is 1.69. The largest absolute Gasteiger partial charge is 0.464 e. The number of ether oxygens (including phenoxy) is 1. The number of nitrogens with zero attached hydrogens (tertiary/aromatic N) is 1. The van der Waals surface area contributed by atoms with Crippen molar-refractivity contribution in [3.05, 3.63) is 23.7 Å². The van der Waals surface area contributed by atoms with Crippen LogP contribution in [0.1, 0.15) is 30.9 Å². The topological polar surface area (TPSA) is 74.9 Å². The first-order chi connectivity index (χ1) is 9.43. The van der Waals surface area contributed by atoms with Crippen molar-refractivity contribution in [1.29, 1.82) is 0 Å². The molecule has 1 heterocycles. The van der Waals surface area contributed by atoms with Crippen molar-refractivity contribution in [2.45, 2.75) is 32.4 Å². The van der Waals surface area contributed by atoms with Crippen LogP contribution < -0.4 is 5.32 Å². The summed E-state index contributed by atoms with van der Waals surface area (Å²) in [6, 6.07) is 3.13. The van der Waals surface area contributed by atoms with Gasteiger partial charge in [0, 0.05) is 20.7 Å². The van der Waals surface area contributed by atoms with E-state index in [9.17, 15) is 9.90 Å². The molecule has 2 unspecified atom stereocenters. The van der Waals surface area contributed by atoms with Gasteiger partial charge in [0.2, 0.25) is 0 Å². The zero-order valence-electron chi connectivity index (χ0n) is 12.5. The summed E-state index contributed by atoms with van der Waals surface area (Å²) >= 11 is 0. The first-order valence-corrected chi connectivity index (χ1v) is 6.69. The van der Waals surface area contributed by atoms with E-state index in [4.69, 9.17) is 9.15 Å². The second-order valence-corrected chi connectivity index (χ2v) is 4.97. The minimum Gasteiger partial charge on any atom is -0.464 e. The van der Waals surface area contributed by atoms with Crippen LogP contribution in [0.3, 0.4) is 0 Å². The van der Waals surface area contributed by atoms with Crippen LogP contribution in [0, 0.1) is 6.92 Å². The average Bonchev–Trinajstić information content (AvgIpc) is 2.81. The number of carbonyl (C=O) groups is 1. The van der Waals surface area contributed by atoms with Crippen LogP contribution in [0.5, 0.6) is 0 Å². The molecule has 20 heavy (non-hydrogen) atoms. The van der Waals surface area contributed by atoms with E-state index >= 15 is 0 Å². The van der Waals surface area contributed by atoms with E-state index in [-0.39, 0.29) is 12.1 Å². The Hall–Kier alpha value is -1.53. The van der Waals surface area contributed by atoms with Crippen molar-refractivity contribution in [2.24, 2.45) is 0 Å². The average molecular weight is 284 g/mol. The number of furan rings is 1. The highest BCUT2D eigenvalue weighted by Crippen LogP contribution is 2.17. The quantitative estimate of drug-likeness (QED) is 0.799. The number of rotatable bonds is 7. The fourth-order valence-electron chi connectivity index (χ4n) is 1.74. The van der Waals surface area contributed by atoms with E-state index < -0.39 is 6.10 Å². The second-order valence-electron chi connectivity index (χ2n) is 4.97. The van der Waals surface area contributed by atoms with Gasteiger partial charge in [-0.15, -0.1) is 0 Å². The third-order valence-electron chi connectivity index (χ3n) is 2.96. The summed E-state index contributed by atoms with van der Waals surface area (Å²) < 4.78 is 10.6. The number of carbonyl (C=O) groups excluding carboxylic acids is 1. The number of amides is 2. The Morgan fingerprint density at radius 3 is 2.75 bits per heavy atom. The van der Waals surface area contributed by atoms with E-state index in [0.717, 1.165) is 5.76 Å². The van der Waals surface area contributed by atoms with Gasteiger partial charge in [-0.25, -0.2) is 4.79 Å². The third-order valence-corrected chi connectivity index (χ3v) is 2.96. The molecule has 0 aliphatic rings. The lowest BCUT2D eigenvalue weighted by Crippen LogP contribution is -2.41. The summed E-state index contributed by atoms with van der Waals surface area (Å²) in [5.41, 5.74) is 0. The first kappa shape index (κ1) is 16.5. The molecule has 0 saturated heterocycles. The number of methoxy groups -OCH3 is 1. The van der Waals surface area contributed by atoms with Crippen LogP contribution in [0.15, 0.2) is 16.5 Å². The minimum atomic E-state index is -0.423. The predicted molar refractivity (Wildman–Crippen MR) is 75.5 cm³/mol. The molecule has 2 amide bonds. The highest BCUT2D eigenvalue weighted by molar-refractivity contribution is 5.74. The third kappa shape index (κ3) is 5.22. The molecule has 6 nitrogen and oxygen atoms in total. The SMILES string of the molecule is COCC(NC(=O)N(C)CCC(C)O)c1ccc(C)o1. The smallest absolute Gasteiger partial charge is 0.317 e. The molecule has 0 radical (unpaired) electrons. The molecule has 6 heteroatoms. The fourth-order valence-corrected chi connectivity index (χ4v) is 1.74. The van der Waals surface area contributed by atoms with Crippen molar-refractivity contribution >= 4 is 6.03 Å². The van der Waals surface area contributed by atoms with Crippen LogP contribution >= 0.6 is 0 Å². The van der Waals surface area contributed by atoms with E-state index in [1.54, 1.807) is 21.1 Å². The summed E-state index contributed by atoms with van der Waals surface area (Å²) in [5, 5.41) is 12.1. The molecule has 2 N–H and O–H groups in total. The molecule has 2 atom stereocenters. The van der Waals surface area contributed by atoms with Gasteiger partial charge in [0.25, 0.3) is 0 Å². The number of hydrogen-bond acceptors (Lipinski definition) is 4. The maximum absolute atomic E-state index is 12.1. The molecular formula is C14H24N2O4. The molecule has 114 valence electrons. The summed E-state index contributed by atoms with van der Waals surface area (Å²) in [6.07, 6.45) is 0.117. The van der Waals surface area contributed by atoms with Crippen molar-refractivity contribution in [2.75, 3.05) is 27.3 Å².